The molecule has 88 valence electrons. The highest BCUT2D eigenvalue weighted by atomic mass is 16.5. The molecule has 0 radical (unpaired) electrons. The van der Waals surface area contributed by atoms with Gasteiger partial charge >= 0.3 is 0 Å². The van der Waals surface area contributed by atoms with E-state index in [0.29, 0.717) is 18.6 Å². The molecule has 4 nitrogen and oxygen atoms in total. The van der Waals surface area contributed by atoms with Gasteiger partial charge in [0.1, 0.15) is 0 Å². The van der Waals surface area contributed by atoms with Crippen LogP contribution in [0.3, 0.4) is 0 Å². The molecule has 0 saturated heterocycles. The van der Waals surface area contributed by atoms with Crippen LogP contribution in [0.5, 0.6) is 0 Å². The molecule has 0 unspecified atom stereocenters. The molecule has 0 aliphatic heterocycles. The van der Waals surface area contributed by atoms with Crippen molar-refractivity contribution in [2.75, 3.05) is 19.7 Å². The highest BCUT2D eigenvalue weighted by Gasteiger charge is 1.94. The van der Waals surface area contributed by atoms with Crippen LogP contribution in [0.2, 0.25) is 0 Å². The van der Waals surface area contributed by atoms with E-state index < -0.39 is 0 Å². The molecule has 0 fully saturated rings. The number of nitrogens with one attached hydrogen (secondary N) is 1. The van der Waals surface area contributed by atoms with E-state index in [1.807, 2.05) is 20.8 Å². The first-order valence-electron chi connectivity index (χ1n) is 5.32. The molecule has 4 heteroatoms. The van der Waals surface area contributed by atoms with E-state index in [9.17, 15) is 0 Å². The monoisotopic (exact) mass is 213 g/mol. The lowest BCUT2D eigenvalue weighted by atomic mass is 10.4. The zero-order chi connectivity index (χ0) is 11.7. The fourth-order valence-electron chi connectivity index (χ4n) is 0.884. The van der Waals surface area contributed by atoms with Crippen molar-refractivity contribution in [2.45, 2.75) is 33.3 Å². The summed E-state index contributed by atoms with van der Waals surface area (Å²) in [7, 11) is 0. The van der Waals surface area contributed by atoms with E-state index in [0.717, 1.165) is 25.1 Å². The topological polar surface area (TPSA) is 59.6 Å². The molecular weight excluding hydrogens is 190 g/mol. The maximum absolute atomic E-state index is 5.62. The first kappa shape index (κ1) is 14.0. The number of ether oxygens (including phenoxy) is 1. The summed E-state index contributed by atoms with van der Waals surface area (Å²) in [5.41, 5.74) is 6.62. The molecule has 0 aliphatic rings. The molecule has 0 aromatic heterocycles. The number of hydrogen-bond donors (Lipinski definition) is 2. The van der Waals surface area contributed by atoms with E-state index >= 15 is 0 Å². The summed E-state index contributed by atoms with van der Waals surface area (Å²) >= 11 is 0. The average Bonchev–Trinajstić information content (AvgIpc) is 2.13. The zero-order valence-corrected chi connectivity index (χ0v) is 10.0. The molecule has 0 aromatic carbocycles. The summed E-state index contributed by atoms with van der Waals surface area (Å²) in [4.78, 5) is 4.10. The maximum Gasteiger partial charge on any atom is 0.188 e. The Balaban J connectivity index is 3.42. The smallest absolute Gasteiger partial charge is 0.188 e. The number of aliphatic imine (C=N–C) groups is 1. The van der Waals surface area contributed by atoms with E-state index in [4.69, 9.17) is 10.5 Å². The van der Waals surface area contributed by atoms with Gasteiger partial charge in [-0.25, -0.2) is 4.99 Å². The van der Waals surface area contributed by atoms with Crippen LogP contribution in [-0.4, -0.2) is 31.8 Å². The van der Waals surface area contributed by atoms with Crippen LogP contribution in [0.15, 0.2) is 17.1 Å². The Hall–Kier alpha value is -1.03. The Morgan fingerprint density at radius 1 is 1.53 bits per heavy atom. The number of nitrogens with zero attached hydrogens (tertiary/aromatic N) is 1. The summed E-state index contributed by atoms with van der Waals surface area (Å²) in [6.07, 6.45) is 1.22. The minimum absolute atomic E-state index is 0.291. The molecule has 0 heterocycles. The van der Waals surface area contributed by atoms with Crippen molar-refractivity contribution >= 4 is 5.96 Å². The van der Waals surface area contributed by atoms with Gasteiger partial charge in [-0.2, -0.15) is 0 Å². The number of nitrogens with two attached hydrogens (primary N) is 1. The van der Waals surface area contributed by atoms with Gasteiger partial charge in [-0.05, 0) is 27.2 Å². The molecule has 15 heavy (non-hydrogen) atoms. The van der Waals surface area contributed by atoms with Crippen molar-refractivity contribution in [3.8, 4) is 0 Å². The lowest BCUT2D eigenvalue weighted by Gasteiger charge is -2.08. The molecule has 3 N–H and O–H groups in total. The van der Waals surface area contributed by atoms with Gasteiger partial charge in [-0.15, -0.1) is 0 Å². The summed E-state index contributed by atoms with van der Waals surface area (Å²) < 4.78 is 5.39. The van der Waals surface area contributed by atoms with Gasteiger partial charge in [0.2, 0.25) is 0 Å². The Morgan fingerprint density at radius 3 is 2.73 bits per heavy atom. The molecule has 0 amide bonds. The highest BCUT2D eigenvalue weighted by Crippen LogP contribution is 1.89. The lowest BCUT2D eigenvalue weighted by molar-refractivity contribution is 0.0777. The van der Waals surface area contributed by atoms with E-state index in [1.54, 1.807) is 0 Å². The lowest BCUT2D eigenvalue weighted by Crippen LogP contribution is -2.33. The van der Waals surface area contributed by atoms with Gasteiger partial charge in [0, 0.05) is 13.2 Å². The van der Waals surface area contributed by atoms with Gasteiger partial charge in [0.15, 0.2) is 5.96 Å². The van der Waals surface area contributed by atoms with Crippen LogP contribution < -0.4 is 11.1 Å². The van der Waals surface area contributed by atoms with Crippen LogP contribution in [0, 0.1) is 0 Å². The van der Waals surface area contributed by atoms with Crippen molar-refractivity contribution in [1.29, 1.82) is 0 Å². The summed E-state index contributed by atoms with van der Waals surface area (Å²) in [5, 5.41) is 3.02. The van der Waals surface area contributed by atoms with Crippen molar-refractivity contribution in [3.05, 3.63) is 12.2 Å². The molecule has 0 spiro atoms. The third-order valence-electron chi connectivity index (χ3n) is 1.60. The summed E-state index contributed by atoms with van der Waals surface area (Å²) in [5.74, 6) is 0.475. The summed E-state index contributed by atoms with van der Waals surface area (Å²) in [6.45, 7) is 11.8. The molecule has 0 rings (SSSR count). The second kappa shape index (κ2) is 8.29. The van der Waals surface area contributed by atoms with Crippen LogP contribution in [0.25, 0.3) is 0 Å². The maximum atomic E-state index is 5.62. The second-order valence-corrected chi connectivity index (χ2v) is 3.86. The normalized spacial score (nSPS) is 11.9. The van der Waals surface area contributed by atoms with Crippen LogP contribution in [-0.2, 0) is 4.74 Å². The Morgan fingerprint density at radius 2 is 2.20 bits per heavy atom. The number of rotatable bonds is 7. The molecule has 0 atom stereocenters. The SMILES string of the molecule is C=C(C)CN=C(N)NCCCOC(C)C. The Labute approximate surface area is 92.6 Å². The van der Waals surface area contributed by atoms with Crippen molar-refractivity contribution in [1.82, 2.24) is 5.32 Å². The van der Waals surface area contributed by atoms with E-state index in [-0.39, 0.29) is 0 Å². The average molecular weight is 213 g/mol. The minimum Gasteiger partial charge on any atom is -0.379 e. The molecule has 0 aliphatic carbocycles. The van der Waals surface area contributed by atoms with Gasteiger partial charge in [-0.3, -0.25) is 0 Å². The Kier molecular flexibility index (Phi) is 7.72. The largest absolute Gasteiger partial charge is 0.379 e. The van der Waals surface area contributed by atoms with Crippen LogP contribution in [0.1, 0.15) is 27.2 Å². The number of hydrogen-bond acceptors (Lipinski definition) is 2. The minimum atomic E-state index is 0.291. The molecule has 0 aromatic rings. The quantitative estimate of drug-likeness (QED) is 0.290. The number of guanidine groups is 1. The van der Waals surface area contributed by atoms with Gasteiger partial charge in [-0.1, -0.05) is 12.2 Å². The fourth-order valence-corrected chi connectivity index (χ4v) is 0.884. The molecular formula is C11H23N3O. The van der Waals surface area contributed by atoms with E-state index in [1.165, 1.54) is 0 Å². The molecule has 0 bridgehead atoms. The van der Waals surface area contributed by atoms with Crippen molar-refractivity contribution < 1.29 is 4.74 Å². The third kappa shape index (κ3) is 10.9. The first-order valence-corrected chi connectivity index (χ1v) is 5.32. The standard InChI is InChI=1S/C11H23N3O/c1-9(2)8-14-11(12)13-6-5-7-15-10(3)4/h10H,1,5-8H2,2-4H3,(H3,12,13,14). The van der Waals surface area contributed by atoms with Gasteiger partial charge in [0.25, 0.3) is 0 Å². The summed E-state index contributed by atoms with van der Waals surface area (Å²) in [6, 6.07) is 0. The predicted octanol–water partition coefficient (Wildman–Crippen LogP) is 1.28. The predicted molar refractivity (Wildman–Crippen MR) is 65.0 cm³/mol. The van der Waals surface area contributed by atoms with Crippen molar-refractivity contribution in [3.63, 3.8) is 0 Å². The van der Waals surface area contributed by atoms with E-state index in [2.05, 4.69) is 16.9 Å². The first-order chi connectivity index (χ1) is 7.02. The zero-order valence-electron chi connectivity index (χ0n) is 10.0. The molecule has 0 saturated carbocycles. The highest BCUT2D eigenvalue weighted by molar-refractivity contribution is 5.77. The van der Waals surface area contributed by atoms with Gasteiger partial charge < -0.3 is 15.8 Å². The van der Waals surface area contributed by atoms with Crippen LogP contribution in [0.4, 0.5) is 0 Å². The fraction of sp³-hybridized carbons (Fsp3) is 0.727. The third-order valence-corrected chi connectivity index (χ3v) is 1.60. The van der Waals surface area contributed by atoms with Crippen molar-refractivity contribution in [2.24, 2.45) is 10.7 Å². The second-order valence-electron chi connectivity index (χ2n) is 3.86. The Bertz CT molecular complexity index is 212. The van der Waals surface area contributed by atoms with Gasteiger partial charge in [0.05, 0.1) is 12.6 Å². The van der Waals surface area contributed by atoms with Crippen LogP contribution >= 0.6 is 0 Å².